The van der Waals surface area contributed by atoms with Gasteiger partial charge in [0.1, 0.15) is 36.3 Å². The lowest BCUT2D eigenvalue weighted by Gasteiger charge is -2.38. The summed E-state index contributed by atoms with van der Waals surface area (Å²) in [4.78, 5) is 113. The van der Waals surface area contributed by atoms with Crippen molar-refractivity contribution in [3.63, 3.8) is 0 Å². The lowest BCUT2D eigenvalue weighted by atomic mass is 9.99. The molecule has 5 heterocycles. The van der Waals surface area contributed by atoms with Crippen molar-refractivity contribution >= 4 is 82.5 Å². The highest BCUT2D eigenvalue weighted by atomic mass is 32.2. The maximum Gasteiger partial charge on any atom is 0.261 e. The monoisotopic (exact) mass is 1310 g/mol. The molecule has 3 aromatic rings. The minimum absolute atomic E-state index is 0.0754. The highest BCUT2D eigenvalue weighted by Crippen LogP contribution is 2.33. The third kappa shape index (κ3) is 17.7. The number of phenolic OH excluding ortho intramolecular Hbond substituents is 1. The van der Waals surface area contributed by atoms with Crippen molar-refractivity contribution in [1.29, 1.82) is 0 Å². The normalized spacial score (nSPS) is 27.1. The molecule has 8 rings (SSSR count). The van der Waals surface area contributed by atoms with Crippen LogP contribution in [0.3, 0.4) is 0 Å². The van der Waals surface area contributed by atoms with Gasteiger partial charge in [-0.2, -0.15) is 11.8 Å². The molecule has 5 aliphatic heterocycles. The van der Waals surface area contributed by atoms with Crippen molar-refractivity contribution in [3.8, 4) is 11.5 Å². The summed E-state index contributed by atoms with van der Waals surface area (Å²) in [6, 6.07) is 7.61. The number of nitrogens with zero attached hydrogens (tertiary/aromatic N) is 6. The van der Waals surface area contributed by atoms with E-state index in [1.165, 1.54) is 49.8 Å². The average molecular weight is 1310 g/mol. The number of piperazine rings is 1. The Morgan fingerprint density at radius 1 is 0.736 bits per heavy atom. The lowest BCUT2D eigenvalue weighted by Crippen LogP contribution is -2.64. The van der Waals surface area contributed by atoms with Gasteiger partial charge in [-0.05, 0) is 98.2 Å². The van der Waals surface area contributed by atoms with Crippen molar-refractivity contribution in [3.05, 3.63) is 89.3 Å². The zero-order valence-corrected chi connectivity index (χ0v) is 52.2. The topological polar surface area (TPSA) is 390 Å². The number of amides is 7. The van der Waals surface area contributed by atoms with Crippen LogP contribution in [-0.4, -0.2) is 241 Å². The van der Waals surface area contributed by atoms with Crippen LogP contribution < -0.4 is 45.5 Å². The fourth-order valence-corrected chi connectivity index (χ4v) is 13.4. The zero-order chi connectivity index (χ0) is 65.6. The van der Waals surface area contributed by atoms with Crippen LogP contribution in [0, 0.1) is 12.5 Å². The van der Waals surface area contributed by atoms with Gasteiger partial charge >= 0.3 is 0 Å². The molecule has 13 atom stereocenters. The molecule has 7 amide bonds. The Morgan fingerprint density at radius 3 is 1.93 bits per heavy atom. The van der Waals surface area contributed by atoms with Crippen molar-refractivity contribution in [2.45, 2.75) is 137 Å². The first-order valence-electron chi connectivity index (χ1n) is 30.3. The number of hydrogen-bond acceptors (Lipinski definition) is 23. The Morgan fingerprint density at radius 2 is 1.33 bits per heavy atom. The molecule has 5 aliphatic rings. The summed E-state index contributed by atoms with van der Waals surface area (Å²) in [5.74, 6) is -8.23. The van der Waals surface area contributed by atoms with Crippen LogP contribution in [0.5, 0.6) is 11.5 Å². The van der Waals surface area contributed by atoms with E-state index in [0.29, 0.717) is 13.1 Å². The van der Waals surface area contributed by atoms with Gasteiger partial charge in [-0.25, -0.2) is 11.8 Å². The number of anilines is 3. The van der Waals surface area contributed by atoms with E-state index in [9.17, 15) is 69.3 Å². The summed E-state index contributed by atoms with van der Waals surface area (Å²) in [7, 11) is 0. The lowest BCUT2D eigenvalue weighted by molar-refractivity contribution is -0.433. The second-order valence-electron chi connectivity index (χ2n) is 23.5. The molecule has 0 saturated carbocycles. The molecule has 0 bridgehead atoms. The van der Waals surface area contributed by atoms with Gasteiger partial charge in [0, 0.05) is 112 Å². The molecule has 0 aromatic heterocycles. The summed E-state index contributed by atoms with van der Waals surface area (Å²) < 4.78 is 9.33. The number of piperidine rings is 1. The predicted molar refractivity (Wildman–Crippen MR) is 333 cm³/mol. The number of β-amino-alcohol motifs (C(OH)–C–C–N with tert-alkyl or cyclic N) is 1. The number of phenols is 1. The standard InChI is InChI=1S/C60H81N11O18S2/c1-5-24-90-42-16-18-67(19-17-42)38-11-13-39(14-12-38)69-22-20-68(21-23-69)37-9-7-36(8-10-37)54(79)63-43-27-40(73)29-62-58(83)52-53(78)33(2)31-71(52)60(85)51(47(77)30-61-4)66-57(82)50(46(76)25-35-6-15-45(75)48(26-35)87-91-89-88-86)65-56(81)44-28-41(74)32-70(44)59(84)49(34(3)72)64-55(43)80/h6-15,26,33-34,40-44,46-47,49-53,72-78,86H,5,16-25,27-32H2,1-3H3,(H,62,83)(H,63,79)(H,64,80)(H,65,81)(H,66,82)/t33-,34+,40+,41+,43+,44+,46-,47-,49+,50+,51+,52+,53+/m1/s1. The van der Waals surface area contributed by atoms with E-state index < -0.39 is 165 Å². The third-order valence-corrected chi connectivity index (χ3v) is 19.0. The molecule has 31 heteroatoms. The SMILES string of the molecule is [C-]#[N+]C[C@@H](O)[C@@H]1NC(=O)[C@H]([C@H](O)Cc2ccc(O)c(OSOOO)c2)NC(=O)[C@@H]2C[C@H](O)CN2C(=O)[C@H]([C@H](C)O)NC(=O)[C@@H](NC(=O)c2ccc(N3CCN(c4ccc(N5CCC(SCCC)CC5)cc4)CC3)cc2)C[C@H](O)CNC(=O)[C@@H]2[C@@H](O)[C@H](C)CN2C1=O. The van der Waals surface area contributed by atoms with E-state index in [1.54, 1.807) is 24.3 Å². The Kier molecular flexibility index (Phi) is 24.8. The van der Waals surface area contributed by atoms with Crippen LogP contribution in [0.1, 0.15) is 68.8 Å². The highest BCUT2D eigenvalue weighted by molar-refractivity contribution is 7.99. The number of aromatic hydroxyl groups is 1. The number of carbonyl (C=O) groups is 7. The number of thioether (sulfide) groups is 1. The van der Waals surface area contributed by atoms with Crippen LogP contribution in [0.4, 0.5) is 17.1 Å². The third-order valence-electron chi connectivity index (χ3n) is 17.0. The fourth-order valence-electron chi connectivity index (χ4n) is 12.0. The van der Waals surface area contributed by atoms with Gasteiger partial charge in [0.05, 0.1) is 30.5 Å². The van der Waals surface area contributed by atoms with Gasteiger partial charge in [-0.15, -0.1) is 0 Å². The number of nitrogens with one attached hydrogen (secondary N) is 5. The Labute approximate surface area is 534 Å². The summed E-state index contributed by atoms with van der Waals surface area (Å²) in [6.07, 6.45) is -8.60. The Hall–Kier alpha value is -7.22. The van der Waals surface area contributed by atoms with Crippen molar-refractivity contribution in [2.24, 2.45) is 5.92 Å². The van der Waals surface area contributed by atoms with E-state index in [1.807, 2.05) is 0 Å². The van der Waals surface area contributed by atoms with Crippen molar-refractivity contribution in [2.75, 3.05) is 85.9 Å². The summed E-state index contributed by atoms with van der Waals surface area (Å²) in [6.45, 7) is 14.9. The molecule has 3 aromatic carbocycles. The van der Waals surface area contributed by atoms with Crippen LogP contribution >= 0.6 is 24.1 Å². The van der Waals surface area contributed by atoms with E-state index >= 15 is 0 Å². The highest BCUT2D eigenvalue weighted by Gasteiger charge is 2.50. The first-order chi connectivity index (χ1) is 43.6. The number of rotatable bonds is 18. The quantitative estimate of drug-likeness (QED) is 0.0240. The van der Waals surface area contributed by atoms with Gasteiger partial charge in [0.2, 0.25) is 42.0 Å². The predicted octanol–water partition coefficient (Wildman–Crippen LogP) is -0.938. The molecular formula is C60H81N11O18S2. The molecule has 5 saturated heterocycles. The number of aliphatic hydroxyl groups excluding tert-OH is 6. The van der Waals surface area contributed by atoms with Gasteiger partial charge in [-0.1, -0.05) is 29.3 Å². The van der Waals surface area contributed by atoms with E-state index in [0.717, 1.165) is 65.6 Å². The van der Waals surface area contributed by atoms with Crippen molar-refractivity contribution in [1.82, 2.24) is 36.4 Å². The first-order valence-corrected chi connectivity index (χ1v) is 32.0. The van der Waals surface area contributed by atoms with Crippen LogP contribution in [-0.2, 0) is 44.6 Å². The second-order valence-corrected chi connectivity index (χ2v) is 25.4. The van der Waals surface area contributed by atoms with E-state index in [-0.39, 0.29) is 35.7 Å². The zero-order valence-electron chi connectivity index (χ0n) is 50.6. The molecule has 496 valence electrons. The summed E-state index contributed by atoms with van der Waals surface area (Å²) >= 11 is 2.16. The molecule has 29 nitrogen and oxygen atoms in total. The summed E-state index contributed by atoms with van der Waals surface area (Å²) in [5, 5.41) is 104. The summed E-state index contributed by atoms with van der Waals surface area (Å²) in [5.41, 5.74) is 3.39. The number of hydrogen-bond donors (Lipinski definition) is 13. The minimum atomic E-state index is -2.14. The van der Waals surface area contributed by atoms with Crippen LogP contribution in [0.2, 0.25) is 0 Å². The van der Waals surface area contributed by atoms with Gasteiger partial charge < -0.3 is 95.9 Å². The smallest absolute Gasteiger partial charge is 0.261 e. The molecule has 0 radical (unpaired) electrons. The van der Waals surface area contributed by atoms with E-state index in [4.69, 9.17) is 16.0 Å². The molecule has 0 unspecified atom stereocenters. The van der Waals surface area contributed by atoms with Gasteiger partial charge in [0.25, 0.3) is 18.2 Å². The maximum absolute atomic E-state index is 14.7. The van der Waals surface area contributed by atoms with Crippen LogP contribution in [0.25, 0.3) is 4.85 Å². The molecule has 0 spiro atoms. The minimum Gasteiger partial charge on any atom is -0.504 e. The number of aliphatic hydroxyl groups is 6. The fraction of sp³-hybridized carbons (Fsp3) is 0.567. The number of carbonyl (C=O) groups excluding carboxylic acids is 7. The Bertz CT molecular complexity index is 3040. The number of fused-ring (bicyclic) bond motifs is 2. The first kappa shape index (κ1) is 69.7. The molecule has 0 aliphatic carbocycles. The molecule has 5 fully saturated rings. The average Bonchev–Trinajstić information content (AvgIpc) is 1.72. The largest absolute Gasteiger partial charge is 0.504 e. The van der Waals surface area contributed by atoms with Gasteiger partial charge in [0.15, 0.2) is 17.6 Å². The van der Waals surface area contributed by atoms with Crippen molar-refractivity contribution < 1.29 is 88.1 Å². The molecule has 13 N–H and O–H groups in total. The van der Waals surface area contributed by atoms with Crippen LogP contribution in [0.15, 0.2) is 66.7 Å². The molecular weight excluding hydrogens is 1230 g/mol. The second kappa shape index (κ2) is 32.4. The molecule has 91 heavy (non-hydrogen) atoms. The maximum atomic E-state index is 14.7. The number of benzene rings is 3. The Balaban J connectivity index is 1.02. The van der Waals surface area contributed by atoms with E-state index in [2.05, 4.69) is 98.5 Å². The van der Waals surface area contributed by atoms with Gasteiger partial charge in [-0.3, -0.25) is 33.6 Å².